The third kappa shape index (κ3) is 6.45. The molecule has 0 saturated carbocycles. The number of rotatable bonds is 10. The van der Waals surface area contributed by atoms with Crippen molar-refractivity contribution in [3.63, 3.8) is 0 Å². The van der Waals surface area contributed by atoms with Gasteiger partial charge in [-0.05, 0) is 32.2 Å². The first kappa shape index (κ1) is 28.7. The van der Waals surface area contributed by atoms with Gasteiger partial charge in [0.15, 0.2) is 0 Å². The minimum Gasteiger partial charge on any atom is -0.465 e. The molecule has 4 atom stereocenters. The number of benzene rings is 2. The number of nitrogens with zero attached hydrogens (tertiary/aromatic N) is 1. The van der Waals surface area contributed by atoms with Gasteiger partial charge in [0.1, 0.15) is 23.6 Å². The molecule has 0 bridgehead atoms. The summed E-state index contributed by atoms with van der Waals surface area (Å²) in [5, 5.41) is 14.6. The molecule has 0 amide bonds. The molecule has 1 aliphatic heterocycles. The lowest BCUT2D eigenvalue weighted by Crippen LogP contribution is -2.47. The van der Waals surface area contributed by atoms with Gasteiger partial charge in [-0.1, -0.05) is 36.4 Å². The van der Waals surface area contributed by atoms with E-state index in [0.29, 0.717) is 11.6 Å². The number of H-pyrrole nitrogens is 1. The van der Waals surface area contributed by atoms with E-state index in [2.05, 4.69) is 5.09 Å². The molecule has 1 aliphatic rings. The Kier molecular flexibility index (Phi) is 8.38. The fourth-order valence-corrected chi connectivity index (χ4v) is 5.77. The summed E-state index contributed by atoms with van der Waals surface area (Å²) in [4.78, 5) is 37.8. The lowest BCUT2D eigenvalue weighted by atomic mass is 10.1. The van der Waals surface area contributed by atoms with Crippen LogP contribution in [0.3, 0.4) is 0 Å². The Morgan fingerprint density at radius 3 is 2.72 bits per heavy atom. The average Bonchev–Trinajstić information content (AvgIpc) is 3.25. The maximum absolute atomic E-state index is 14.1. The summed E-state index contributed by atoms with van der Waals surface area (Å²) in [6.07, 6.45) is -2.92. The molecule has 4 rings (SSSR count). The first-order valence-electron chi connectivity index (χ1n) is 12.2. The highest BCUT2D eigenvalue weighted by Crippen LogP contribution is 2.48. The first-order valence-corrected chi connectivity index (χ1v) is 13.7. The Morgan fingerprint density at radius 1 is 1.26 bits per heavy atom. The summed E-state index contributed by atoms with van der Waals surface area (Å²) in [7, 11) is -4.36. The van der Waals surface area contributed by atoms with Crippen LogP contribution in [0.2, 0.25) is 0 Å². The maximum atomic E-state index is 14.1. The third-order valence-electron chi connectivity index (χ3n) is 6.02. The average molecular weight is 565 g/mol. The van der Waals surface area contributed by atoms with Crippen LogP contribution in [0, 0.1) is 5.82 Å². The van der Waals surface area contributed by atoms with E-state index in [4.69, 9.17) is 18.5 Å². The van der Waals surface area contributed by atoms with Gasteiger partial charge in [-0.15, -0.1) is 0 Å². The second-order valence-electron chi connectivity index (χ2n) is 9.39. The molecule has 2 heterocycles. The standard InChI is InChI=1S/C25H29FN3O9P/c1-4-35-23(32)25(2,3)28-39(34,38-19-11-7-9-15-8-5-6-10-16(15)19)36-14-20-18(30)12-21(37-20)29-13-17(26)22(31)27-24(29)33/h5-11,13,18,20-21,30H,4,12,14H2,1-3H3,(H,28,34)(H,27,31,33)/t18?,20-,21-,39?/m1/s1. The number of carbonyl (C=O) groups is 1. The number of hydrogen-bond acceptors (Lipinski definition) is 9. The van der Waals surface area contributed by atoms with Crippen LogP contribution in [0.25, 0.3) is 10.8 Å². The van der Waals surface area contributed by atoms with Crippen molar-refractivity contribution in [1.82, 2.24) is 14.6 Å². The van der Waals surface area contributed by atoms with Gasteiger partial charge in [-0.25, -0.2) is 9.36 Å². The fraction of sp³-hybridized carbons (Fsp3) is 0.400. The van der Waals surface area contributed by atoms with Crippen molar-refractivity contribution < 1.29 is 37.4 Å². The molecule has 1 saturated heterocycles. The largest absolute Gasteiger partial charge is 0.465 e. The summed E-state index contributed by atoms with van der Waals surface area (Å²) >= 11 is 0. The van der Waals surface area contributed by atoms with Gasteiger partial charge in [-0.3, -0.25) is 23.7 Å². The second kappa shape index (κ2) is 11.4. The first-order chi connectivity index (χ1) is 18.4. The van der Waals surface area contributed by atoms with Crippen LogP contribution in [0.4, 0.5) is 4.39 Å². The summed E-state index contributed by atoms with van der Waals surface area (Å²) in [6.45, 7) is 4.12. The van der Waals surface area contributed by atoms with Gasteiger partial charge in [-0.2, -0.15) is 9.48 Å². The number of halogens is 1. The minimum atomic E-state index is -4.36. The molecule has 2 unspecified atom stereocenters. The maximum Gasteiger partial charge on any atom is 0.459 e. The molecule has 210 valence electrons. The van der Waals surface area contributed by atoms with Crippen molar-refractivity contribution in [2.45, 2.75) is 51.2 Å². The summed E-state index contributed by atoms with van der Waals surface area (Å²) in [5.41, 5.74) is -3.62. The van der Waals surface area contributed by atoms with Crippen molar-refractivity contribution in [2.24, 2.45) is 0 Å². The quantitative estimate of drug-likeness (QED) is 0.246. The van der Waals surface area contributed by atoms with Crippen molar-refractivity contribution in [3.8, 4) is 5.75 Å². The molecule has 1 aromatic heterocycles. The number of carbonyl (C=O) groups excluding carboxylic acids is 1. The molecule has 2 aromatic carbocycles. The van der Waals surface area contributed by atoms with Crippen LogP contribution in [-0.2, 0) is 23.4 Å². The van der Waals surface area contributed by atoms with Gasteiger partial charge in [0.25, 0.3) is 5.56 Å². The Labute approximate surface area is 222 Å². The number of hydrogen-bond donors (Lipinski definition) is 3. The molecule has 0 aliphatic carbocycles. The summed E-state index contributed by atoms with van der Waals surface area (Å²) < 4.78 is 50.9. The van der Waals surface area contributed by atoms with Crippen LogP contribution in [0.5, 0.6) is 5.75 Å². The molecular weight excluding hydrogens is 536 g/mol. The number of aromatic amines is 1. The molecule has 3 N–H and O–H groups in total. The number of ether oxygens (including phenoxy) is 2. The summed E-state index contributed by atoms with van der Waals surface area (Å²) in [5.74, 6) is -1.69. The molecule has 12 nitrogen and oxygen atoms in total. The lowest BCUT2D eigenvalue weighted by molar-refractivity contribution is -0.149. The molecule has 1 fully saturated rings. The van der Waals surface area contributed by atoms with E-state index in [1.54, 1.807) is 31.2 Å². The van der Waals surface area contributed by atoms with Gasteiger partial charge in [0.2, 0.25) is 5.82 Å². The lowest BCUT2D eigenvalue weighted by Gasteiger charge is -2.30. The van der Waals surface area contributed by atoms with Crippen LogP contribution in [0.1, 0.15) is 33.4 Å². The number of esters is 1. The van der Waals surface area contributed by atoms with E-state index in [1.807, 2.05) is 23.2 Å². The predicted molar refractivity (Wildman–Crippen MR) is 138 cm³/mol. The third-order valence-corrected chi connectivity index (χ3v) is 7.78. The summed E-state index contributed by atoms with van der Waals surface area (Å²) in [6, 6.07) is 12.4. The molecule has 14 heteroatoms. The van der Waals surface area contributed by atoms with E-state index >= 15 is 0 Å². The highest BCUT2D eigenvalue weighted by atomic mass is 31.2. The molecule has 0 spiro atoms. The zero-order valence-electron chi connectivity index (χ0n) is 21.5. The van der Waals surface area contributed by atoms with Crippen LogP contribution < -0.4 is 20.9 Å². The number of aromatic nitrogens is 2. The second-order valence-corrected chi connectivity index (χ2v) is 11.1. The Hall–Kier alpha value is -3.35. The van der Waals surface area contributed by atoms with E-state index in [-0.39, 0.29) is 18.8 Å². The van der Waals surface area contributed by atoms with Crippen LogP contribution >= 0.6 is 7.75 Å². The monoisotopic (exact) mass is 565 g/mol. The molecule has 3 aromatic rings. The Balaban J connectivity index is 1.58. The molecule has 39 heavy (non-hydrogen) atoms. The zero-order chi connectivity index (χ0) is 28.4. The topological polar surface area (TPSA) is 158 Å². The van der Waals surface area contributed by atoms with E-state index in [1.165, 1.54) is 13.8 Å². The normalized spacial score (nSPS) is 21.0. The molecule has 0 radical (unpaired) electrons. The highest BCUT2D eigenvalue weighted by Gasteiger charge is 2.43. The number of aliphatic hydroxyl groups is 1. The van der Waals surface area contributed by atoms with E-state index < -0.39 is 61.4 Å². The van der Waals surface area contributed by atoms with E-state index in [0.717, 1.165) is 9.95 Å². The van der Waals surface area contributed by atoms with Gasteiger partial charge in [0.05, 0.1) is 25.5 Å². The van der Waals surface area contributed by atoms with Crippen molar-refractivity contribution in [2.75, 3.05) is 13.2 Å². The Bertz CT molecular complexity index is 1520. The van der Waals surface area contributed by atoms with Gasteiger partial charge < -0.3 is 19.1 Å². The minimum absolute atomic E-state index is 0.0908. The van der Waals surface area contributed by atoms with E-state index in [9.17, 15) is 28.4 Å². The highest BCUT2D eigenvalue weighted by molar-refractivity contribution is 7.52. The van der Waals surface area contributed by atoms with Crippen LogP contribution in [0.15, 0.2) is 58.3 Å². The SMILES string of the molecule is CCOC(=O)C(C)(C)NP(=O)(OC[C@H]1O[C@@H](n2cc(F)c(=O)[nH]c2=O)CC1O)Oc1cccc2ccccc12. The number of fused-ring (bicyclic) bond motifs is 1. The number of nitrogens with one attached hydrogen (secondary N) is 2. The zero-order valence-corrected chi connectivity index (χ0v) is 22.4. The van der Waals surface area contributed by atoms with Crippen LogP contribution in [-0.4, -0.2) is 51.6 Å². The fourth-order valence-electron chi connectivity index (χ4n) is 4.07. The van der Waals surface area contributed by atoms with Gasteiger partial charge >= 0.3 is 19.4 Å². The van der Waals surface area contributed by atoms with Crippen molar-refractivity contribution in [1.29, 1.82) is 0 Å². The number of aliphatic hydroxyl groups excluding tert-OH is 1. The smallest absolute Gasteiger partial charge is 0.459 e. The van der Waals surface area contributed by atoms with Crippen molar-refractivity contribution in [3.05, 3.63) is 75.3 Å². The Morgan fingerprint density at radius 2 is 1.97 bits per heavy atom. The van der Waals surface area contributed by atoms with Crippen molar-refractivity contribution >= 4 is 24.5 Å². The predicted octanol–water partition coefficient (Wildman–Crippen LogP) is 2.61. The molecular formula is C25H29FN3O9P. The van der Waals surface area contributed by atoms with Gasteiger partial charge in [0, 0.05) is 11.8 Å².